The lowest BCUT2D eigenvalue weighted by Crippen LogP contribution is -2.26. The summed E-state index contributed by atoms with van der Waals surface area (Å²) >= 11 is 0. The van der Waals surface area contributed by atoms with E-state index in [0.29, 0.717) is 25.1 Å². The molecule has 1 aliphatic carbocycles. The molecule has 0 saturated heterocycles. The van der Waals surface area contributed by atoms with Gasteiger partial charge in [-0.2, -0.15) is 0 Å². The monoisotopic (exact) mass is 317 g/mol. The number of carbonyl (C=O) groups excluding carboxylic acids is 1. The number of aromatic hydroxyl groups is 1. The molecule has 0 bridgehead atoms. The first-order valence-electron chi connectivity index (χ1n) is 7.77. The first kappa shape index (κ1) is 16.9. The third kappa shape index (κ3) is 5.36. The Bertz CT molecular complexity index is 590. The number of aliphatic hydroxyl groups is 1. The van der Waals surface area contributed by atoms with Crippen molar-refractivity contribution in [3.05, 3.63) is 53.5 Å². The second kappa shape index (κ2) is 8.27. The van der Waals surface area contributed by atoms with Crippen molar-refractivity contribution >= 4 is 5.91 Å². The van der Waals surface area contributed by atoms with Crippen LogP contribution in [0.1, 0.15) is 24.8 Å². The molecule has 0 aliphatic heterocycles. The van der Waals surface area contributed by atoms with Crippen LogP contribution in [-0.4, -0.2) is 29.8 Å². The van der Waals surface area contributed by atoms with Crippen LogP contribution in [0.15, 0.2) is 47.9 Å². The molecule has 0 spiro atoms. The SMILES string of the molecule is COC1=C(O)C=C[C@@H](CCC(=O)NCCc2ccc(O)cc2)C1. The Morgan fingerprint density at radius 2 is 2.04 bits per heavy atom. The maximum absolute atomic E-state index is 11.9. The minimum absolute atomic E-state index is 0.0231. The van der Waals surface area contributed by atoms with Gasteiger partial charge in [0.05, 0.1) is 7.11 Å². The van der Waals surface area contributed by atoms with Gasteiger partial charge in [-0.05, 0) is 42.5 Å². The fourth-order valence-electron chi connectivity index (χ4n) is 2.53. The Labute approximate surface area is 136 Å². The standard InChI is InChI=1S/C18H23NO4/c1-23-17-12-14(4-8-16(17)21)5-9-18(22)19-11-10-13-2-6-15(20)7-3-13/h2-4,6-8,14,20-21H,5,9-12H2,1H3,(H,19,22)/t14-/m0/s1. The van der Waals surface area contributed by atoms with E-state index in [0.717, 1.165) is 18.4 Å². The number of hydrogen-bond acceptors (Lipinski definition) is 4. The van der Waals surface area contributed by atoms with Gasteiger partial charge in [-0.15, -0.1) is 0 Å². The maximum atomic E-state index is 11.9. The molecule has 1 amide bonds. The second-order valence-electron chi connectivity index (χ2n) is 5.64. The highest BCUT2D eigenvalue weighted by atomic mass is 16.5. The molecule has 2 rings (SSSR count). The summed E-state index contributed by atoms with van der Waals surface area (Å²) in [6.07, 6.45) is 6.08. The van der Waals surface area contributed by atoms with Gasteiger partial charge in [0.1, 0.15) is 11.5 Å². The summed E-state index contributed by atoms with van der Waals surface area (Å²) in [5, 5.41) is 21.7. The van der Waals surface area contributed by atoms with Crippen molar-refractivity contribution in [2.45, 2.75) is 25.7 Å². The summed E-state index contributed by atoms with van der Waals surface area (Å²) in [7, 11) is 1.54. The van der Waals surface area contributed by atoms with Gasteiger partial charge < -0.3 is 20.3 Å². The van der Waals surface area contributed by atoms with E-state index in [2.05, 4.69) is 5.32 Å². The molecule has 5 nitrogen and oxygen atoms in total. The molecule has 1 aromatic rings. The summed E-state index contributed by atoms with van der Waals surface area (Å²) in [6, 6.07) is 6.98. The van der Waals surface area contributed by atoms with Crippen LogP contribution in [0.2, 0.25) is 0 Å². The summed E-state index contributed by atoms with van der Waals surface area (Å²) in [6.45, 7) is 0.578. The van der Waals surface area contributed by atoms with E-state index in [4.69, 9.17) is 4.74 Å². The molecule has 1 aliphatic rings. The van der Waals surface area contributed by atoms with Crippen LogP contribution in [0, 0.1) is 5.92 Å². The average Bonchev–Trinajstić information content (AvgIpc) is 2.56. The van der Waals surface area contributed by atoms with E-state index in [1.165, 1.54) is 7.11 Å². The third-order valence-corrected chi connectivity index (χ3v) is 3.92. The Morgan fingerprint density at radius 3 is 2.74 bits per heavy atom. The molecule has 5 heteroatoms. The molecule has 1 aromatic carbocycles. The van der Waals surface area contributed by atoms with Crippen molar-refractivity contribution in [2.24, 2.45) is 5.92 Å². The topological polar surface area (TPSA) is 78.8 Å². The Kier molecular flexibility index (Phi) is 6.09. The van der Waals surface area contributed by atoms with Crippen molar-refractivity contribution < 1.29 is 19.7 Å². The summed E-state index contributed by atoms with van der Waals surface area (Å²) < 4.78 is 5.12. The molecule has 0 radical (unpaired) electrons. The van der Waals surface area contributed by atoms with Crippen LogP contribution in [0.3, 0.4) is 0 Å². The van der Waals surface area contributed by atoms with Gasteiger partial charge in [-0.3, -0.25) is 4.79 Å². The van der Waals surface area contributed by atoms with Gasteiger partial charge in [0.25, 0.3) is 0 Å². The van der Waals surface area contributed by atoms with Crippen LogP contribution in [0.5, 0.6) is 5.75 Å². The quantitative estimate of drug-likeness (QED) is 0.722. The largest absolute Gasteiger partial charge is 0.508 e. The highest BCUT2D eigenvalue weighted by molar-refractivity contribution is 5.75. The highest BCUT2D eigenvalue weighted by Crippen LogP contribution is 2.26. The smallest absolute Gasteiger partial charge is 0.220 e. The number of methoxy groups -OCH3 is 1. The zero-order valence-corrected chi connectivity index (χ0v) is 13.3. The van der Waals surface area contributed by atoms with Gasteiger partial charge in [0.15, 0.2) is 5.76 Å². The number of amides is 1. The number of benzene rings is 1. The van der Waals surface area contributed by atoms with Gasteiger partial charge in [0.2, 0.25) is 5.91 Å². The fourth-order valence-corrected chi connectivity index (χ4v) is 2.53. The average molecular weight is 317 g/mol. The first-order valence-corrected chi connectivity index (χ1v) is 7.77. The summed E-state index contributed by atoms with van der Waals surface area (Å²) in [5.74, 6) is 1.22. The molecule has 1 atom stereocenters. The van der Waals surface area contributed by atoms with Gasteiger partial charge in [-0.1, -0.05) is 18.2 Å². The van der Waals surface area contributed by atoms with Gasteiger partial charge in [0, 0.05) is 19.4 Å². The summed E-state index contributed by atoms with van der Waals surface area (Å²) in [5.41, 5.74) is 1.07. The van der Waals surface area contributed by atoms with E-state index < -0.39 is 0 Å². The zero-order valence-electron chi connectivity index (χ0n) is 13.3. The van der Waals surface area contributed by atoms with Crippen LogP contribution in [0.25, 0.3) is 0 Å². The fraction of sp³-hybridized carbons (Fsp3) is 0.389. The number of carbonyl (C=O) groups is 1. The summed E-state index contributed by atoms with van der Waals surface area (Å²) in [4.78, 5) is 11.9. The van der Waals surface area contributed by atoms with Crippen LogP contribution < -0.4 is 5.32 Å². The number of aliphatic hydroxyl groups excluding tert-OH is 1. The molecular weight excluding hydrogens is 294 g/mol. The van der Waals surface area contributed by atoms with Crippen LogP contribution >= 0.6 is 0 Å². The van der Waals surface area contributed by atoms with E-state index in [-0.39, 0.29) is 23.3 Å². The molecule has 0 fully saturated rings. The number of hydrogen-bond donors (Lipinski definition) is 3. The lowest BCUT2D eigenvalue weighted by Gasteiger charge is -2.18. The maximum Gasteiger partial charge on any atom is 0.220 e. The molecule has 124 valence electrons. The lowest BCUT2D eigenvalue weighted by molar-refractivity contribution is -0.121. The molecule has 0 saturated carbocycles. The third-order valence-electron chi connectivity index (χ3n) is 3.92. The number of allylic oxidation sites excluding steroid dienone is 3. The predicted octanol–water partition coefficient (Wildman–Crippen LogP) is 2.82. The normalized spacial score (nSPS) is 17.2. The minimum atomic E-state index is 0.0231. The Balaban J connectivity index is 1.66. The van der Waals surface area contributed by atoms with E-state index in [9.17, 15) is 15.0 Å². The number of nitrogens with one attached hydrogen (secondary N) is 1. The highest BCUT2D eigenvalue weighted by Gasteiger charge is 2.17. The number of phenols is 1. The Hall–Kier alpha value is -2.43. The van der Waals surface area contributed by atoms with Crippen LogP contribution in [0.4, 0.5) is 0 Å². The zero-order chi connectivity index (χ0) is 16.7. The van der Waals surface area contributed by atoms with Gasteiger partial charge >= 0.3 is 0 Å². The number of rotatable bonds is 7. The molecule has 3 N–H and O–H groups in total. The molecule has 23 heavy (non-hydrogen) atoms. The molecule has 0 unspecified atom stereocenters. The lowest BCUT2D eigenvalue weighted by atomic mass is 9.93. The molecule has 0 aromatic heterocycles. The Morgan fingerprint density at radius 1 is 1.30 bits per heavy atom. The van der Waals surface area contributed by atoms with Crippen molar-refractivity contribution in [3.8, 4) is 5.75 Å². The van der Waals surface area contributed by atoms with E-state index in [1.54, 1.807) is 18.2 Å². The van der Waals surface area contributed by atoms with Crippen molar-refractivity contribution in [1.82, 2.24) is 5.32 Å². The van der Waals surface area contributed by atoms with Crippen molar-refractivity contribution in [3.63, 3.8) is 0 Å². The van der Waals surface area contributed by atoms with Crippen LogP contribution in [-0.2, 0) is 16.0 Å². The minimum Gasteiger partial charge on any atom is -0.508 e. The van der Waals surface area contributed by atoms with Crippen molar-refractivity contribution in [2.75, 3.05) is 13.7 Å². The second-order valence-corrected chi connectivity index (χ2v) is 5.64. The number of phenolic OH excluding ortho intramolecular Hbond substituents is 1. The molecular formula is C18H23NO4. The number of ether oxygens (including phenoxy) is 1. The first-order chi connectivity index (χ1) is 11.1. The van der Waals surface area contributed by atoms with Crippen molar-refractivity contribution in [1.29, 1.82) is 0 Å². The molecule has 0 heterocycles. The van der Waals surface area contributed by atoms with E-state index >= 15 is 0 Å². The van der Waals surface area contributed by atoms with E-state index in [1.807, 2.05) is 18.2 Å². The van der Waals surface area contributed by atoms with Gasteiger partial charge in [-0.25, -0.2) is 0 Å². The predicted molar refractivity (Wildman–Crippen MR) is 88.0 cm³/mol.